The zero-order chi connectivity index (χ0) is 16.9. The summed E-state index contributed by atoms with van der Waals surface area (Å²) < 4.78 is 1.95. The summed E-state index contributed by atoms with van der Waals surface area (Å²) in [5, 5.41) is 8.56. The molecule has 0 amide bonds. The van der Waals surface area contributed by atoms with Crippen molar-refractivity contribution in [1.29, 1.82) is 0 Å². The Morgan fingerprint density at radius 1 is 0.760 bits per heavy atom. The molecule has 4 rings (SSSR count). The van der Waals surface area contributed by atoms with E-state index in [1.165, 1.54) is 5.69 Å². The van der Waals surface area contributed by atoms with Gasteiger partial charge in [0.25, 0.3) is 0 Å². The smallest absolute Gasteiger partial charge is 0.113 e. The first-order chi connectivity index (χ1) is 12.4. The molecule has 0 unspecified atom stereocenters. The number of aromatic nitrogens is 3. The molecule has 0 N–H and O–H groups in total. The first kappa shape index (κ1) is 15.8. The number of hydrogen-bond acceptors (Lipinski definition) is 4. The number of hydrogen-bond donors (Lipinski definition) is 0. The van der Waals surface area contributed by atoms with Gasteiger partial charge in [0.1, 0.15) is 5.69 Å². The van der Waals surface area contributed by atoms with Crippen LogP contribution in [0.2, 0.25) is 0 Å². The predicted octanol–water partition coefficient (Wildman–Crippen LogP) is 2.77. The normalized spacial score (nSPS) is 15.4. The highest BCUT2D eigenvalue weighted by Crippen LogP contribution is 2.16. The molecule has 0 bridgehead atoms. The van der Waals surface area contributed by atoms with Gasteiger partial charge >= 0.3 is 0 Å². The third-order valence-electron chi connectivity index (χ3n) is 4.75. The minimum absolute atomic E-state index is 0.880. The molecule has 128 valence electrons. The van der Waals surface area contributed by atoms with E-state index in [0.29, 0.717) is 0 Å². The van der Waals surface area contributed by atoms with Gasteiger partial charge in [0.05, 0.1) is 12.7 Å². The van der Waals surface area contributed by atoms with Gasteiger partial charge in [-0.05, 0) is 12.1 Å². The van der Waals surface area contributed by atoms with Crippen LogP contribution in [-0.4, -0.2) is 52.6 Å². The lowest BCUT2D eigenvalue weighted by atomic mass is 10.2. The second kappa shape index (κ2) is 7.49. The summed E-state index contributed by atoms with van der Waals surface area (Å²) >= 11 is 0. The van der Waals surface area contributed by atoms with E-state index in [0.717, 1.165) is 50.5 Å². The average Bonchev–Trinajstić information content (AvgIpc) is 3.17. The first-order valence-corrected chi connectivity index (χ1v) is 8.86. The van der Waals surface area contributed by atoms with Gasteiger partial charge in [-0.15, -0.1) is 5.10 Å². The fraction of sp³-hybridized carbons (Fsp3) is 0.300. The Labute approximate surface area is 148 Å². The van der Waals surface area contributed by atoms with Crippen LogP contribution in [-0.2, 0) is 6.54 Å². The largest absolute Gasteiger partial charge is 0.369 e. The monoisotopic (exact) mass is 333 g/mol. The number of rotatable bonds is 5. The molecule has 1 aliphatic rings. The molecule has 0 radical (unpaired) electrons. The van der Waals surface area contributed by atoms with Crippen LogP contribution in [0.15, 0.2) is 66.9 Å². The lowest BCUT2D eigenvalue weighted by Gasteiger charge is -2.36. The van der Waals surface area contributed by atoms with Crippen molar-refractivity contribution in [1.82, 2.24) is 19.9 Å². The van der Waals surface area contributed by atoms with Crippen molar-refractivity contribution in [2.45, 2.75) is 6.54 Å². The highest BCUT2D eigenvalue weighted by Gasteiger charge is 2.17. The summed E-state index contributed by atoms with van der Waals surface area (Å²) in [7, 11) is 0. The molecule has 0 saturated carbocycles. The van der Waals surface area contributed by atoms with E-state index in [-0.39, 0.29) is 0 Å². The van der Waals surface area contributed by atoms with Gasteiger partial charge in [0.15, 0.2) is 0 Å². The van der Waals surface area contributed by atoms with Crippen LogP contribution in [0.25, 0.3) is 11.3 Å². The van der Waals surface area contributed by atoms with E-state index >= 15 is 0 Å². The van der Waals surface area contributed by atoms with Crippen molar-refractivity contribution in [2.75, 3.05) is 37.6 Å². The maximum atomic E-state index is 4.29. The molecule has 0 aliphatic carbocycles. The summed E-state index contributed by atoms with van der Waals surface area (Å²) in [5.74, 6) is 0. The molecule has 2 heterocycles. The van der Waals surface area contributed by atoms with Crippen molar-refractivity contribution in [3.63, 3.8) is 0 Å². The Morgan fingerprint density at radius 2 is 1.44 bits per heavy atom. The van der Waals surface area contributed by atoms with E-state index in [1.807, 2.05) is 29.1 Å². The molecule has 0 spiro atoms. The van der Waals surface area contributed by atoms with Crippen molar-refractivity contribution < 1.29 is 0 Å². The van der Waals surface area contributed by atoms with E-state index < -0.39 is 0 Å². The van der Waals surface area contributed by atoms with Gasteiger partial charge in [0, 0.05) is 44.0 Å². The molecule has 25 heavy (non-hydrogen) atoms. The van der Waals surface area contributed by atoms with Crippen molar-refractivity contribution in [3.05, 3.63) is 66.9 Å². The lowest BCUT2D eigenvalue weighted by Crippen LogP contribution is -2.47. The molecule has 1 aliphatic heterocycles. The molecule has 1 saturated heterocycles. The van der Waals surface area contributed by atoms with E-state index in [9.17, 15) is 0 Å². The maximum Gasteiger partial charge on any atom is 0.113 e. The molecular weight excluding hydrogens is 310 g/mol. The van der Waals surface area contributed by atoms with Crippen molar-refractivity contribution in [2.24, 2.45) is 0 Å². The zero-order valence-corrected chi connectivity index (χ0v) is 14.3. The van der Waals surface area contributed by atoms with Crippen LogP contribution >= 0.6 is 0 Å². The Kier molecular flexibility index (Phi) is 4.74. The number of para-hydroxylation sites is 1. The standard InChI is InChI=1S/C20H23N5/c1-3-7-18(8-4-1)20-17-25(22-21-20)16-13-23-11-14-24(15-12-23)19-9-5-2-6-10-19/h1-10,17H,11-16H2. The Hall–Kier alpha value is -2.66. The van der Waals surface area contributed by atoms with Gasteiger partial charge in [-0.25, -0.2) is 0 Å². The summed E-state index contributed by atoms with van der Waals surface area (Å²) in [6.07, 6.45) is 2.04. The Bertz CT molecular complexity index is 776. The quantitative estimate of drug-likeness (QED) is 0.719. The summed E-state index contributed by atoms with van der Waals surface area (Å²) in [6, 6.07) is 20.9. The number of benzene rings is 2. The van der Waals surface area contributed by atoms with Crippen LogP contribution in [0, 0.1) is 0 Å². The molecule has 1 fully saturated rings. The predicted molar refractivity (Wildman–Crippen MR) is 101 cm³/mol. The Balaban J connectivity index is 1.28. The molecule has 2 aromatic carbocycles. The lowest BCUT2D eigenvalue weighted by molar-refractivity contribution is 0.244. The fourth-order valence-corrected chi connectivity index (χ4v) is 3.26. The fourth-order valence-electron chi connectivity index (χ4n) is 3.26. The minimum atomic E-state index is 0.880. The van der Waals surface area contributed by atoms with Crippen LogP contribution in [0.3, 0.4) is 0 Å². The van der Waals surface area contributed by atoms with E-state index in [4.69, 9.17) is 0 Å². The summed E-state index contributed by atoms with van der Waals surface area (Å²) in [4.78, 5) is 4.96. The second-order valence-corrected chi connectivity index (χ2v) is 6.40. The summed E-state index contributed by atoms with van der Waals surface area (Å²) in [6.45, 7) is 6.24. The van der Waals surface area contributed by atoms with Gasteiger partial charge < -0.3 is 4.90 Å². The second-order valence-electron chi connectivity index (χ2n) is 6.40. The highest BCUT2D eigenvalue weighted by atomic mass is 15.4. The highest BCUT2D eigenvalue weighted by molar-refractivity contribution is 5.57. The van der Waals surface area contributed by atoms with Crippen LogP contribution in [0.1, 0.15) is 0 Å². The van der Waals surface area contributed by atoms with E-state index in [2.05, 4.69) is 62.6 Å². The molecule has 0 atom stereocenters. The van der Waals surface area contributed by atoms with Crippen molar-refractivity contribution in [3.8, 4) is 11.3 Å². The van der Waals surface area contributed by atoms with Crippen LogP contribution < -0.4 is 4.90 Å². The van der Waals surface area contributed by atoms with Gasteiger partial charge in [-0.2, -0.15) is 0 Å². The molecule has 1 aromatic heterocycles. The summed E-state index contributed by atoms with van der Waals surface area (Å²) in [5.41, 5.74) is 3.38. The molecule has 5 heteroatoms. The molecule has 5 nitrogen and oxygen atoms in total. The van der Waals surface area contributed by atoms with Gasteiger partial charge in [-0.3, -0.25) is 9.58 Å². The third-order valence-corrected chi connectivity index (χ3v) is 4.75. The maximum absolute atomic E-state index is 4.29. The Morgan fingerprint density at radius 3 is 2.16 bits per heavy atom. The SMILES string of the molecule is c1ccc(-c2cn(CCN3CCN(c4ccccc4)CC3)nn2)cc1. The number of nitrogens with zero attached hydrogens (tertiary/aromatic N) is 5. The van der Waals surface area contributed by atoms with Crippen molar-refractivity contribution >= 4 is 5.69 Å². The molecular formula is C20H23N5. The number of anilines is 1. The minimum Gasteiger partial charge on any atom is -0.369 e. The first-order valence-electron chi connectivity index (χ1n) is 8.86. The third kappa shape index (κ3) is 3.88. The van der Waals surface area contributed by atoms with E-state index in [1.54, 1.807) is 0 Å². The topological polar surface area (TPSA) is 37.2 Å². The number of piperazine rings is 1. The average molecular weight is 333 g/mol. The van der Waals surface area contributed by atoms with Gasteiger partial charge in [0.2, 0.25) is 0 Å². The molecule has 3 aromatic rings. The van der Waals surface area contributed by atoms with Crippen LogP contribution in [0.4, 0.5) is 5.69 Å². The zero-order valence-electron chi connectivity index (χ0n) is 14.3. The van der Waals surface area contributed by atoms with Gasteiger partial charge in [-0.1, -0.05) is 53.7 Å². The van der Waals surface area contributed by atoms with Crippen LogP contribution in [0.5, 0.6) is 0 Å².